The average molecular weight is 328 g/mol. The summed E-state index contributed by atoms with van der Waals surface area (Å²) >= 11 is 0. The van der Waals surface area contributed by atoms with Crippen LogP contribution in [0.3, 0.4) is 0 Å². The van der Waals surface area contributed by atoms with E-state index in [0.717, 1.165) is 5.69 Å². The van der Waals surface area contributed by atoms with Gasteiger partial charge in [0.15, 0.2) is 0 Å². The molecule has 1 fully saturated rings. The van der Waals surface area contributed by atoms with Gasteiger partial charge in [0, 0.05) is 43.7 Å². The first kappa shape index (κ1) is 16.4. The SMILES string of the molecule is O=C(c1cnc(Nc2ccccc2)nc1)N1CC[C@@H](CO)[C@H](O)C1. The highest BCUT2D eigenvalue weighted by atomic mass is 16.3. The minimum Gasteiger partial charge on any atom is -0.396 e. The number of para-hydroxylation sites is 1. The van der Waals surface area contributed by atoms with Crippen LogP contribution in [0.4, 0.5) is 11.6 Å². The lowest BCUT2D eigenvalue weighted by molar-refractivity contribution is 0.000844. The van der Waals surface area contributed by atoms with E-state index in [4.69, 9.17) is 5.11 Å². The molecule has 0 aliphatic carbocycles. The number of likely N-dealkylation sites (tertiary alicyclic amines) is 1. The molecule has 0 unspecified atom stereocenters. The molecule has 1 aliphatic heterocycles. The van der Waals surface area contributed by atoms with Gasteiger partial charge in [0.25, 0.3) is 5.91 Å². The average Bonchev–Trinajstić information content (AvgIpc) is 2.62. The number of rotatable bonds is 4. The quantitative estimate of drug-likeness (QED) is 0.775. The van der Waals surface area contributed by atoms with Gasteiger partial charge < -0.3 is 20.4 Å². The third kappa shape index (κ3) is 3.69. The predicted octanol–water partition coefficient (Wildman–Crippen LogP) is 1.04. The number of carbonyl (C=O) groups is 1. The molecule has 0 spiro atoms. The van der Waals surface area contributed by atoms with E-state index >= 15 is 0 Å². The molecule has 2 heterocycles. The van der Waals surface area contributed by atoms with Gasteiger partial charge in [0.2, 0.25) is 5.95 Å². The van der Waals surface area contributed by atoms with Crippen LogP contribution in [0.1, 0.15) is 16.8 Å². The standard InChI is InChI=1S/C17H20N4O3/c22-11-12-6-7-21(10-15(12)23)16(24)13-8-18-17(19-9-13)20-14-4-2-1-3-5-14/h1-5,8-9,12,15,22-23H,6-7,10-11H2,(H,18,19,20)/t12-,15+/m0/s1. The Labute approximate surface area is 140 Å². The fourth-order valence-corrected chi connectivity index (χ4v) is 2.71. The zero-order valence-electron chi connectivity index (χ0n) is 13.2. The molecule has 24 heavy (non-hydrogen) atoms. The van der Waals surface area contributed by atoms with Crippen molar-refractivity contribution in [3.63, 3.8) is 0 Å². The van der Waals surface area contributed by atoms with E-state index in [1.54, 1.807) is 4.90 Å². The molecule has 2 atom stereocenters. The second-order valence-corrected chi connectivity index (χ2v) is 5.84. The highest BCUT2D eigenvalue weighted by molar-refractivity contribution is 5.93. The normalized spacial score (nSPS) is 20.7. The van der Waals surface area contributed by atoms with E-state index < -0.39 is 6.10 Å². The van der Waals surface area contributed by atoms with Crippen molar-refractivity contribution in [2.75, 3.05) is 25.0 Å². The number of amides is 1. The Morgan fingerprint density at radius 2 is 1.96 bits per heavy atom. The van der Waals surface area contributed by atoms with Crippen LogP contribution in [0.15, 0.2) is 42.7 Å². The van der Waals surface area contributed by atoms with Gasteiger partial charge >= 0.3 is 0 Å². The van der Waals surface area contributed by atoms with E-state index in [0.29, 0.717) is 24.5 Å². The van der Waals surface area contributed by atoms with E-state index in [9.17, 15) is 9.90 Å². The van der Waals surface area contributed by atoms with Crippen molar-refractivity contribution in [2.45, 2.75) is 12.5 Å². The Hall–Kier alpha value is -2.51. The number of carbonyl (C=O) groups excluding carboxylic acids is 1. The van der Waals surface area contributed by atoms with Crippen molar-refractivity contribution >= 4 is 17.5 Å². The van der Waals surface area contributed by atoms with Crippen molar-refractivity contribution < 1.29 is 15.0 Å². The number of anilines is 2. The Morgan fingerprint density at radius 1 is 1.25 bits per heavy atom. The smallest absolute Gasteiger partial charge is 0.257 e. The van der Waals surface area contributed by atoms with Crippen LogP contribution in [0.2, 0.25) is 0 Å². The van der Waals surface area contributed by atoms with E-state index in [1.165, 1.54) is 12.4 Å². The molecule has 7 heteroatoms. The van der Waals surface area contributed by atoms with Gasteiger partial charge in [-0.15, -0.1) is 0 Å². The van der Waals surface area contributed by atoms with Crippen LogP contribution in [0.5, 0.6) is 0 Å². The Morgan fingerprint density at radius 3 is 2.58 bits per heavy atom. The molecule has 1 amide bonds. The maximum absolute atomic E-state index is 12.5. The van der Waals surface area contributed by atoms with E-state index in [2.05, 4.69) is 15.3 Å². The zero-order chi connectivity index (χ0) is 16.9. The van der Waals surface area contributed by atoms with Crippen LogP contribution in [0, 0.1) is 5.92 Å². The monoisotopic (exact) mass is 328 g/mol. The molecule has 0 radical (unpaired) electrons. The Balaban J connectivity index is 1.64. The fourth-order valence-electron chi connectivity index (χ4n) is 2.71. The molecule has 3 N–H and O–H groups in total. The molecule has 0 bridgehead atoms. The summed E-state index contributed by atoms with van der Waals surface area (Å²) in [6.07, 6.45) is 2.83. The van der Waals surface area contributed by atoms with Crippen molar-refractivity contribution in [1.29, 1.82) is 0 Å². The molecule has 0 saturated carbocycles. The number of aromatic nitrogens is 2. The molecule has 7 nitrogen and oxygen atoms in total. The van der Waals surface area contributed by atoms with Gasteiger partial charge in [-0.25, -0.2) is 9.97 Å². The highest BCUT2D eigenvalue weighted by Crippen LogP contribution is 2.19. The topological polar surface area (TPSA) is 98.6 Å². The summed E-state index contributed by atoms with van der Waals surface area (Å²) in [4.78, 5) is 22.4. The number of nitrogens with zero attached hydrogens (tertiary/aromatic N) is 3. The summed E-state index contributed by atoms with van der Waals surface area (Å²) in [5.41, 5.74) is 1.24. The summed E-state index contributed by atoms with van der Waals surface area (Å²) in [6, 6.07) is 9.52. The van der Waals surface area contributed by atoms with E-state index in [1.807, 2.05) is 30.3 Å². The van der Waals surface area contributed by atoms with Crippen LogP contribution in [-0.4, -0.2) is 56.8 Å². The number of nitrogens with one attached hydrogen (secondary N) is 1. The highest BCUT2D eigenvalue weighted by Gasteiger charge is 2.30. The van der Waals surface area contributed by atoms with Crippen LogP contribution in [-0.2, 0) is 0 Å². The van der Waals surface area contributed by atoms with Gasteiger partial charge in [-0.05, 0) is 18.6 Å². The van der Waals surface area contributed by atoms with Gasteiger partial charge in [0.05, 0.1) is 11.7 Å². The molecule has 1 aromatic heterocycles. The first-order valence-electron chi connectivity index (χ1n) is 7.89. The number of β-amino-alcohol motifs (C(OH)–C–C–N with tert-alkyl or cyclic N) is 1. The van der Waals surface area contributed by atoms with Crippen LogP contribution in [0.25, 0.3) is 0 Å². The second kappa shape index (κ2) is 7.37. The van der Waals surface area contributed by atoms with E-state index in [-0.39, 0.29) is 25.0 Å². The third-order valence-corrected chi connectivity index (χ3v) is 4.17. The molecule has 1 aliphatic rings. The lowest BCUT2D eigenvalue weighted by Crippen LogP contribution is -2.47. The minimum absolute atomic E-state index is 0.0633. The van der Waals surface area contributed by atoms with Crippen LogP contribution >= 0.6 is 0 Å². The third-order valence-electron chi connectivity index (χ3n) is 4.17. The molecular formula is C17H20N4O3. The summed E-state index contributed by atoms with van der Waals surface area (Å²) in [5, 5.41) is 22.2. The molecular weight excluding hydrogens is 308 g/mol. The first-order chi connectivity index (χ1) is 11.7. The van der Waals surface area contributed by atoms with Gasteiger partial charge in [0.1, 0.15) is 0 Å². The number of aliphatic hydroxyl groups excluding tert-OH is 2. The maximum Gasteiger partial charge on any atom is 0.257 e. The summed E-state index contributed by atoms with van der Waals surface area (Å²) in [5.74, 6) is 0.0382. The van der Waals surface area contributed by atoms with Crippen LogP contribution < -0.4 is 5.32 Å². The maximum atomic E-state index is 12.5. The van der Waals surface area contributed by atoms with Gasteiger partial charge in [-0.1, -0.05) is 18.2 Å². The predicted molar refractivity (Wildman–Crippen MR) is 88.9 cm³/mol. The molecule has 1 saturated heterocycles. The Bertz CT molecular complexity index is 678. The summed E-state index contributed by atoms with van der Waals surface area (Å²) < 4.78 is 0. The number of hydrogen-bond donors (Lipinski definition) is 3. The molecule has 126 valence electrons. The van der Waals surface area contributed by atoms with Gasteiger partial charge in [-0.3, -0.25) is 4.79 Å². The lowest BCUT2D eigenvalue weighted by Gasteiger charge is -2.35. The number of hydrogen-bond acceptors (Lipinski definition) is 6. The van der Waals surface area contributed by atoms with Crippen molar-refractivity contribution in [2.24, 2.45) is 5.92 Å². The van der Waals surface area contributed by atoms with Crippen molar-refractivity contribution in [3.8, 4) is 0 Å². The first-order valence-corrected chi connectivity index (χ1v) is 7.89. The second-order valence-electron chi connectivity index (χ2n) is 5.84. The van der Waals surface area contributed by atoms with Gasteiger partial charge in [-0.2, -0.15) is 0 Å². The van der Waals surface area contributed by atoms with Crippen molar-refractivity contribution in [3.05, 3.63) is 48.3 Å². The lowest BCUT2D eigenvalue weighted by atomic mass is 9.94. The number of benzene rings is 1. The number of piperidine rings is 1. The zero-order valence-corrected chi connectivity index (χ0v) is 13.2. The molecule has 2 aromatic rings. The molecule has 1 aromatic carbocycles. The van der Waals surface area contributed by atoms with Crippen molar-refractivity contribution in [1.82, 2.24) is 14.9 Å². The largest absolute Gasteiger partial charge is 0.396 e. The minimum atomic E-state index is -0.701. The summed E-state index contributed by atoms with van der Waals surface area (Å²) in [6.45, 7) is 0.658. The number of aliphatic hydroxyl groups is 2. The Kier molecular flexibility index (Phi) is 5.02. The molecule has 3 rings (SSSR count). The fraction of sp³-hybridized carbons (Fsp3) is 0.353. The summed E-state index contributed by atoms with van der Waals surface area (Å²) in [7, 11) is 0.